The van der Waals surface area contributed by atoms with Crippen molar-refractivity contribution in [1.82, 2.24) is 14.8 Å². The summed E-state index contributed by atoms with van der Waals surface area (Å²) in [5.74, 6) is -0.127. The first-order chi connectivity index (χ1) is 16.1. The van der Waals surface area contributed by atoms with Crippen molar-refractivity contribution in [1.29, 1.82) is 0 Å². The van der Waals surface area contributed by atoms with Gasteiger partial charge in [-0.15, -0.1) is 0 Å². The number of aromatic nitrogens is 1. The largest absolute Gasteiger partial charge is 0.351 e. The lowest BCUT2D eigenvalue weighted by molar-refractivity contribution is -0.134. The van der Waals surface area contributed by atoms with Gasteiger partial charge in [0.1, 0.15) is 11.2 Å². The molecule has 172 valence electrons. The Morgan fingerprint density at radius 1 is 0.970 bits per heavy atom. The normalized spacial score (nSPS) is 22.0. The van der Waals surface area contributed by atoms with E-state index >= 15 is 0 Å². The lowest BCUT2D eigenvalue weighted by Crippen LogP contribution is -2.64. The molecule has 5 nitrogen and oxygen atoms in total. The first-order valence-corrected chi connectivity index (χ1v) is 12.3. The van der Waals surface area contributed by atoms with E-state index in [0.717, 1.165) is 42.1 Å². The van der Waals surface area contributed by atoms with Crippen LogP contribution in [0.2, 0.25) is 0 Å². The number of para-hydroxylation sites is 1. The molecule has 1 N–H and O–H groups in total. The molecule has 2 heterocycles. The minimum absolute atomic E-state index is 0.0409. The van der Waals surface area contributed by atoms with Crippen molar-refractivity contribution >= 4 is 22.7 Å². The standard InChI is InChI=1S/C28H33N3O2/c1-28(27(33)29-23-15-8-3-2-4-9-16-23)20-30-24-17-11-10-14-22(24)18-25(30)26(32)31(28)19-21-12-6-5-7-13-21/h5-7,10-14,17-18,23H,2-4,8-9,15-16,19-20H2,1H3,(H,29,33)/t28-/m1/s1. The van der Waals surface area contributed by atoms with E-state index in [0.29, 0.717) is 18.8 Å². The van der Waals surface area contributed by atoms with Crippen molar-refractivity contribution in [2.24, 2.45) is 0 Å². The second-order valence-electron chi connectivity index (χ2n) is 9.84. The van der Waals surface area contributed by atoms with Crippen LogP contribution in [-0.4, -0.2) is 32.9 Å². The predicted octanol–water partition coefficient (Wildman–Crippen LogP) is 5.29. The number of rotatable bonds is 4. The van der Waals surface area contributed by atoms with Crippen molar-refractivity contribution in [2.75, 3.05) is 0 Å². The zero-order chi connectivity index (χ0) is 22.8. The quantitative estimate of drug-likeness (QED) is 0.596. The average molecular weight is 444 g/mol. The zero-order valence-corrected chi connectivity index (χ0v) is 19.4. The van der Waals surface area contributed by atoms with Gasteiger partial charge in [0.25, 0.3) is 5.91 Å². The molecule has 5 rings (SSSR count). The maximum Gasteiger partial charge on any atom is 0.271 e. The highest BCUT2D eigenvalue weighted by Gasteiger charge is 2.48. The molecule has 0 unspecified atom stereocenters. The molecule has 1 fully saturated rings. The molecule has 1 aliphatic heterocycles. The van der Waals surface area contributed by atoms with Gasteiger partial charge in [-0.1, -0.05) is 80.6 Å². The van der Waals surface area contributed by atoms with Gasteiger partial charge in [0.15, 0.2) is 0 Å². The SMILES string of the molecule is C[C@]1(C(=O)NC2CCCCCCC2)Cn2c(cc3ccccc32)C(=O)N1Cc1ccccc1. The third-order valence-electron chi connectivity index (χ3n) is 7.45. The molecule has 1 atom stereocenters. The smallest absolute Gasteiger partial charge is 0.271 e. The first kappa shape index (κ1) is 21.7. The number of hydrogen-bond donors (Lipinski definition) is 1. The lowest BCUT2D eigenvalue weighted by atomic mass is 9.91. The van der Waals surface area contributed by atoms with E-state index in [4.69, 9.17) is 0 Å². The molecule has 3 aromatic rings. The number of benzene rings is 2. The lowest BCUT2D eigenvalue weighted by Gasteiger charge is -2.44. The van der Waals surface area contributed by atoms with Crippen LogP contribution in [0.15, 0.2) is 60.7 Å². The fourth-order valence-corrected chi connectivity index (χ4v) is 5.46. The van der Waals surface area contributed by atoms with E-state index in [1.54, 1.807) is 4.90 Å². The number of nitrogens with zero attached hydrogens (tertiary/aromatic N) is 2. The second kappa shape index (κ2) is 9.05. The fourth-order valence-electron chi connectivity index (χ4n) is 5.46. The van der Waals surface area contributed by atoms with Crippen LogP contribution >= 0.6 is 0 Å². The van der Waals surface area contributed by atoms with Gasteiger partial charge in [-0.2, -0.15) is 0 Å². The fraction of sp³-hybridized carbons (Fsp3) is 0.429. The van der Waals surface area contributed by atoms with Crippen LogP contribution < -0.4 is 5.32 Å². The van der Waals surface area contributed by atoms with Gasteiger partial charge in [-0.25, -0.2) is 0 Å². The van der Waals surface area contributed by atoms with Gasteiger partial charge < -0.3 is 14.8 Å². The minimum Gasteiger partial charge on any atom is -0.351 e. The van der Waals surface area contributed by atoms with E-state index in [2.05, 4.69) is 5.32 Å². The van der Waals surface area contributed by atoms with Crippen molar-refractivity contribution in [3.8, 4) is 0 Å². The van der Waals surface area contributed by atoms with Crippen LogP contribution in [0.25, 0.3) is 10.9 Å². The molecule has 2 aromatic carbocycles. The van der Waals surface area contributed by atoms with Gasteiger partial charge in [-0.3, -0.25) is 9.59 Å². The van der Waals surface area contributed by atoms with Gasteiger partial charge in [0, 0.05) is 23.5 Å². The molecular formula is C28H33N3O2. The summed E-state index contributed by atoms with van der Waals surface area (Å²) in [6.45, 7) is 2.80. The highest BCUT2D eigenvalue weighted by Crippen LogP contribution is 2.34. The third-order valence-corrected chi connectivity index (χ3v) is 7.45. The summed E-state index contributed by atoms with van der Waals surface area (Å²) < 4.78 is 2.04. The Morgan fingerprint density at radius 2 is 1.64 bits per heavy atom. The molecule has 5 heteroatoms. The molecule has 0 bridgehead atoms. The topological polar surface area (TPSA) is 54.3 Å². The van der Waals surface area contributed by atoms with E-state index in [1.807, 2.05) is 72.2 Å². The molecule has 0 spiro atoms. The molecule has 2 aliphatic rings. The summed E-state index contributed by atoms with van der Waals surface area (Å²) in [5.41, 5.74) is 1.72. The molecular weight excluding hydrogens is 410 g/mol. The van der Waals surface area contributed by atoms with Crippen molar-refractivity contribution in [2.45, 2.75) is 76.5 Å². The highest BCUT2D eigenvalue weighted by atomic mass is 16.2. The summed E-state index contributed by atoms with van der Waals surface area (Å²) in [5, 5.41) is 4.39. The number of carbonyl (C=O) groups is 2. The molecule has 1 saturated carbocycles. The van der Waals surface area contributed by atoms with Crippen molar-refractivity contribution < 1.29 is 9.59 Å². The van der Waals surface area contributed by atoms with Crippen LogP contribution in [0.5, 0.6) is 0 Å². The molecule has 0 radical (unpaired) electrons. The Labute approximate surface area is 195 Å². The first-order valence-electron chi connectivity index (χ1n) is 12.3. The molecule has 33 heavy (non-hydrogen) atoms. The van der Waals surface area contributed by atoms with Crippen LogP contribution in [0.1, 0.15) is 67.9 Å². The van der Waals surface area contributed by atoms with E-state index < -0.39 is 5.54 Å². The number of amides is 2. The summed E-state index contributed by atoms with van der Waals surface area (Å²) in [6, 6.07) is 20.2. The Kier molecular flexibility index (Phi) is 5.96. The zero-order valence-electron chi connectivity index (χ0n) is 19.4. The maximum atomic E-state index is 13.9. The highest BCUT2D eigenvalue weighted by molar-refractivity contribution is 6.03. The summed E-state index contributed by atoms with van der Waals surface area (Å²) >= 11 is 0. The van der Waals surface area contributed by atoms with Gasteiger partial charge in [0.2, 0.25) is 5.91 Å². The molecule has 1 aliphatic carbocycles. The predicted molar refractivity (Wildman–Crippen MR) is 131 cm³/mol. The molecule has 0 saturated heterocycles. The number of hydrogen-bond acceptors (Lipinski definition) is 2. The van der Waals surface area contributed by atoms with Crippen LogP contribution in [-0.2, 0) is 17.9 Å². The number of fused-ring (bicyclic) bond motifs is 3. The third kappa shape index (κ3) is 4.17. The van der Waals surface area contributed by atoms with Crippen LogP contribution in [0, 0.1) is 0 Å². The van der Waals surface area contributed by atoms with E-state index in [1.165, 1.54) is 19.3 Å². The average Bonchev–Trinajstić information content (AvgIpc) is 3.17. The maximum absolute atomic E-state index is 13.9. The summed E-state index contributed by atoms with van der Waals surface area (Å²) in [4.78, 5) is 29.5. The number of nitrogens with one attached hydrogen (secondary N) is 1. The molecule has 2 amide bonds. The second-order valence-corrected chi connectivity index (χ2v) is 9.84. The van der Waals surface area contributed by atoms with Gasteiger partial charge >= 0.3 is 0 Å². The summed E-state index contributed by atoms with van der Waals surface area (Å²) in [7, 11) is 0. The Bertz CT molecular complexity index is 1140. The molecule has 1 aromatic heterocycles. The Hall–Kier alpha value is -3.08. The van der Waals surface area contributed by atoms with Gasteiger partial charge in [-0.05, 0) is 37.5 Å². The van der Waals surface area contributed by atoms with Crippen LogP contribution in [0.3, 0.4) is 0 Å². The van der Waals surface area contributed by atoms with E-state index in [-0.39, 0.29) is 17.9 Å². The Balaban J connectivity index is 1.51. The van der Waals surface area contributed by atoms with Crippen molar-refractivity contribution in [3.05, 3.63) is 71.9 Å². The van der Waals surface area contributed by atoms with E-state index in [9.17, 15) is 9.59 Å². The Morgan fingerprint density at radius 3 is 2.39 bits per heavy atom. The number of carbonyl (C=O) groups excluding carboxylic acids is 2. The monoisotopic (exact) mass is 443 g/mol. The summed E-state index contributed by atoms with van der Waals surface area (Å²) in [6.07, 6.45) is 8.11. The van der Waals surface area contributed by atoms with Gasteiger partial charge in [0.05, 0.1) is 6.54 Å². The van der Waals surface area contributed by atoms with Crippen LogP contribution in [0.4, 0.5) is 0 Å². The minimum atomic E-state index is -0.968. The van der Waals surface area contributed by atoms with Crippen molar-refractivity contribution in [3.63, 3.8) is 0 Å².